The van der Waals surface area contributed by atoms with Crippen molar-refractivity contribution < 1.29 is 14.3 Å². The van der Waals surface area contributed by atoms with Gasteiger partial charge in [0, 0.05) is 10.4 Å². The minimum Gasteiger partial charge on any atom is -0.465 e. The van der Waals surface area contributed by atoms with E-state index in [0.717, 1.165) is 22.1 Å². The quantitative estimate of drug-likeness (QED) is 0.712. The largest absolute Gasteiger partial charge is 0.465 e. The molecule has 0 unspecified atom stereocenters. The predicted molar refractivity (Wildman–Crippen MR) is 96.9 cm³/mol. The van der Waals surface area contributed by atoms with Crippen molar-refractivity contribution in [1.29, 1.82) is 0 Å². The van der Waals surface area contributed by atoms with Crippen LogP contribution in [-0.2, 0) is 11.2 Å². The summed E-state index contributed by atoms with van der Waals surface area (Å²) in [5.74, 6) is -0.680. The van der Waals surface area contributed by atoms with Gasteiger partial charge in [0.1, 0.15) is 5.00 Å². The molecule has 0 saturated heterocycles. The molecule has 0 bridgehead atoms. The number of anilines is 1. The number of carbonyl (C=O) groups is 2. The van der Waals surface area contributed by atoms with Crippen LogP contribution in [0.2, 0.25) is 0 Å². The van der Waals surface area contributed by atoms with Gasteiger partial charge in [-0.05, 0) is 29.3 Å². The molecule has 3 rings (SSSR count). The second kappa shape index (κ2) is 6.84. The van der Waals surface area contributed by atoms with Crippen molar-refractivity contribution in [1.82, 2.24) is 0 Å². The molecule has 0 aliphatic carbocycles. The Morgan fingerprint density at radius 2 is 1.83 bits per heavy atom. The average molecular weight is 339 g/mol. The van der Waals surface area contributed by atoms with Gasteiger partial charge < -0.3 is 10.1 Å². The first kappa shape index (κ1) is 16.2. The van der Waals surface area contributed by atoms with Crippen LogP contribution in [0.3, 0.4) is 0 Å². The number of hydrogen-bond donors (Lipinski definition) is 1. The highest BCUT2D eigenvalue weighted by Crippen LogP contribution is 2.30. The molecule has 24 heavy (non-hydrogen) atoms. The third-order valence-electron chi connectivity index (χ3n) is 3.80. The fraction of sp³-hybridized carbons (Fsp3) is 0.158. The fourth-order valence-electron chi connectivity index (χ4n) is 2.56. The highest BCUT2D eigenvalue weighted by Gasteiger charge is 2.19. The van der Waals surface area contributed by atoms with E-state index in [-0.39, 0.29) is 5.91 Å². The molecular formula is C19H17NO3S. The van der Waals surface area contributed by atoms with E-state index < -0.39 is 5.97 Å². The Labute approximate surface area is 144 Å². The van der Waals surface area contributed by atoms with E-state index >= 15 is 0 Å². The first-order valence-electron chi connectivity index (χ1n) is 7.64. The zero-order valence-electron chi connectivity index (χ0n) is 13.5. The Balaban J connectivity index is 1.97. The van der Waals surface area contributed by atoms with E-state index in [1.807, 2.05) is 43.3 Å². The Morgan fingerprint density at radius 1 is 1.08 bits per heavy atom. The summed E-state index contributed by atoms with van der Waals surface area (Å²) in [6.07, 6.45) is 0.790. The maximum absolute atomic E-state index is 12.7. The minimum atomic E-state index is -0.445. The Morgan fingerprint density at radius 3 is 2.58 bits per heavy atom. The summed E-state index contributed by atoms with van der Waals surface area (Å²) in [6.45, 7) is 2.00. The van der Waals surface area contributed by atoms with Gasteiger partial charge in [0.25, 0.3) is 5.91 Å². The number of benzene rings is 2. The second-order valence-corrected chi connectivity index (χ2v) is 6.42. The van der Waals surface area contributed by atoms with Gasteiger partial charge >= 0.3 is 5.97 Å². The van der Waals surface area contributed by atoms with E-state index in [0.29, 0.717) is 16.1 Å². The zero-order valence-corrected chi connectivity index (χ0v) is 14.3. The number of rotatable bonds is 4. The summed E-state index contributed by atoms with van der Waals surface area (Å²) in [5, 5.41) is 5.27. The fourth-order valence-corrected chi connectivity index (χ4v) is 3.54. The van der Waals surface area contributed by atoms with Crippen LogP contribution in [0.15, 0.2) is 48.5 Å². The van der Waals surface area contributed by atoms with Crippen LogP contribution in [0.5, 0.6) is 0 Å². The molecule has 0 aliphatic heterocycles. The molecule has 0 spiro atoms. The molecular weight excluding hydrogens is 322 g/mol. The van der Waals surface area contributed by atoms with Crippen LogP contribution in [0.4, 0.5) is 5.00 Å². The predicted octanol–water partition coefficient (Wildman–Crippen LogP) is 4.50. The van der Waals surface area contributed by atoms with Crippen molar-refractivity contribution in [2.24, 2.45) is 0 Å². The van der Waals surface area contributed by atoms with Crippen LogP contribution in [0.1, 0.15) is 32.5 Å². The number of carbonyl (C=O) groups excluding carboxylic acids is 2. The number of hydrogen-bond acceptors (Lipinski definition) is 4. The van der Waals surface area contributed by atoms with Gasteiger partial charge in [-0.2, -0.15) is 0 Å². The van der Waals surface area contributed by atoms with E-state index in [4.69, 9.17) is 4.74 Å². The van der Waals surface area contributed by atoms with Crippen molar-refractivity contribution in [3.8, 4) is 0 Å². The maximum Gasteiger partial charge on any atom is 0.340 e. The lowest BCUT2D eigenvalue weighted by Crippen LogP contribution is -2.14. The standard InChI is InChI=1S/C19H17NO3S/c1-3-13-11-16(19(22)23-2)18(24-13)20-17(21)15-10-6-8-12-7-4-5-9-14(12)15/h4-11H,3H2,1-2H3,(H,20,21). The van der Waals surface area contributed by atoms with E-state index in [1.54, 1.807) is 12.1 Å². The monoisotopic (exact) mass is 339 g/mol. The van der Waals surface area contributed by atoms with E-state index in [2.05, 4.69) is 5.32 Å². The average Bonchev–Trinajstić information content (AvgIpc) is 3.03. The number of methoxy groups -OCH3 is 1. The smallest absolute Gasteiger partial charge is 0.340 e. The highest BCUT2D eigenvalue weighted by molar-refractivity contribution is 7.16. The van der Waals surface area contributed by atoms with Crippen molar-refractivity contribution >= 4 is 39.0 Å². The van der Waals surface area contributed by atoms with Gasteiger partial charge in [-0.15, -0.1) is 11.3 Å². The second-order valence-electron chi connectivity index (χ2n) is 5.28. The maximum atomic E-state index is 12.7. The third kappa shape index (κ3) is 3.03. The summed E-state index contributed by atoms with van der Waals surface area (Å²) in [7, 11) is 1.34. The van der Waals surface area contributed by atoms with Crippen LogP contribution >= 0.6 is 11.3 Å². The number of nitrogens with one attached hydrogen (secondary N) is 1. The molecule has 1 amide bonds. The number of esters is 1. The molecule has 0 atom stereocenters. The van der Waals surface area contributed by atoms with Gasteiger partial charge in [-0.3, -0.25) is 4.79 Å². The van der Waals surface area contributed by atoms with Crippen LogP contribution in [-0.4, -0.2) is 19.0 Å². The number of amides is 1. The molecule has 0 saturated carbocycles. The van der Waals surface area contributed by atoms with Crippen LogP contribution in [0.25, 0.3) is 10.8 Å². The molecule has 0 radical (unpaired) electrons. The summed E-state index contributed by atoms with van der Waals surface area (Å²) < 4.78 is 4.81. The Hall–Kier alpha value is -2.66. The zero-order chi connectivity index (χ0) is 17.1. The van der Waals surface area contributed by atoms with Gasteiger partial charge in [-0.25, -0.2) is 4.79 Å². The number of ether oxygens (including phenoxy) is 1. The third-order valence-corrected chi connectivity index (χ3v) is 4.99. The Bertz CT molecular complexity index is 909. The molecule has 0 fully saturated rings. The van der Waals surface area contributed by atoms with E-state index in [1.165, 1.54) is 18.4 Å². The van der Waals surface area contributed by atoms with Crippen molar-refractivity contribution in [2.75, 3.05) is 12.4 Å². The lowest BCUT2D eigenvalue weighted by Gasteiger charge is -2.08. The first-order valence-corrected chi connectivity index (χ1v) is 8.45. The summed E-state index contributed by atoms with van der Waals surface area (Å²) in [6, 6.07) is 15.1. The molecule has 1 heterocycles. The highest BCUT2D eigenvalue weighted by atomic mass is 32.1. The normalized spacial score (nSPS) is 10.6. The van der Waals surface area contributed by atoms with Gasteiger partial charge in [0.15, 0.2) is 0 Å². The summed E-state index contributed by atoms with van der Waals surface area (Å²) in [5.41, 5.74) is 0.975. The molecule has 122 valence electrons. The summed E-state index contributed by atoms with van der Waals surface area (Å²) in [4.78, 5) is 25.7. The minimum absolute atomic E-state index is 0.235. The lowest BCUT2D eigenvalue weighted by molar-refractivity contribution is 0.0602. The molecule has 1 N–H and O–H groups in total. The molecule has 4 nitrogen and oxygen atoms in total. The molecule has 1 aromatic heterocycles. The van der Waals surface area contributed by atoms with Crippen LogP contribution < -0.4 is 5.32 Å². The summed E-state index contributed by atoms with van der Waals surface area (Å²) >= 11 is 1.40. The number of fused-ring (bicyclic) bond motifs is 1. The van der Waals surface area contributed by atoms with Crippen molar-refractivity contribution in [2.45, 2.75) is 13.3 Å². The van der Waals surface area contributed by atoms with E-state index in [9.17, 15) is 9.59 Å². The SMILES string of the molecule is CCc1cc(C(=O)OC)c(NC(=O)c2cccc3ccccc23)s1. The van der Waals surface area contributed by atoms with Gasteiger partial charge in [0.05, 0.1) is 12.7 Å². The lowest BCUT2D eigenvalue weighted by atomic mass is 10.0. The Kier molecular flexibility index (Phi) is 4.62. The molecule has 2 aromatic carbocycles. The van der Waals surface area contributed by atoms with Gasteiger partial charge in [0.2, 0.25) is 0 Å². The topological polar surface area (TPSA) is 55.4 Å². The molecule has 3 aromatic rings. The first-order chi connectivity index (χ1) is 11.6. The molecule has 5 heteroatoms. The molecule has 0 aliphatic rings. The number of thiophene rings is 1. The van der Waals surface area contributed by atoms with Crippen LogP contribution in [0, 0.1) is 0 Å². The number of aryl methyl sites for hydroxylation is 1. The van der Waals surface area contributed by atoms with Gasteiger partial charge in [-0.1, -0.05) is 43.3 Å². The van der Waals surface area contributed by atoms with Crippen molar-refractivity contribution in [3.05, 3.63) is 64.5 Å². The van der Waals surface area contributed by atoms with Crippen molar-refractivity contribution in [3.63, 3.8) is 0 Å².